The molecule has 3 aromatic carbocycles. The second kappa shape index (κ2) is 14.3. The Morgan fingerprint density at radius 3 is 2.51 bits per heavy atom. The summed E-state index contributed by atoms with van der Waals surface area (Å²) in [5.41, 5.74) is 3.93. The minimum Gasteiger partial charge on any atom is -0.493 e. The van der Waals surface area contributed by atoms with Gasteiger partial charge in [0.2, 0.25) is 0 Å². The van der Waals surface area contributed by atoms with Crippen LogP contribution in [0.25, 0.3) is 0 Å². The zero-order valence-electron chi connectivity index (χ0n) is 21.1. The number of nitrogens with one attached hydrogen (secondary N) is 3. The first-order valence-electron chi connectivity index (χ1n) is 11.6. The van der Waals surface area contributed by atoms with Crippen molar-refractivity contribution in [2.24, 2.45) is 5.10 Å². The highest BCUT2D eigenvalue weighted by Gasteiger charge is 2.12. The lowest BCUT2D eigenvalue weighted by Gasteiger charge is -2.10. The van der Waals surface area contributed by atoms with Crippen molar-refractivity contribution in [1.29, 1.82) is 0 Å². The molecule has 3 aromatic rings. The lowest BCUT2D eigenvalue weighted by Crippen LogP contribution is -2.38. The van der Waals surface area contributed by atoms with Crippen molar-refractivity contribution >= 4 is 41.2 Å². The molecule has 12 heteroatoms. The third-order valence-electron chi connectivity index (χ3n) is 5.16. The van der Waals surface area contributed by atoms with Gasteiger partial charge in [-0.2, -0.15) is 5.10 Å². The van der Waals surface area contributed by atoms with Crippen LogP contribution in [0.3, 0.4) is 0 Å². The summed E-state index contributed by atoms with van der Waals surface area (Å²) in [4.78, 5) is 36.2. The molecule has 3 N–H and O–H groups in total. The fourth-order valence-electron chi connectivity index (χ4n) is 3.26. The fraction of sp³-hybridized carbons (Fsp3) is 0.185. The number of halogens is 2. The molecule has 0 aliphatic carbocycles. The molecule has 3 rings (SSSR count). The summed E-state index contributed by atoms with van der Waals surface area (Å²) in [6.07, 6.45) is 1.80. The molecule has 0 radical (unpaired) electrons. The average molecular weight is 557 g/mol. The number of nitrogens with zero attached hydrogens (tertiary/aromatic N) is 1. The molecule has 0 fully saturated rings. The third-order valence-corrected chi connectivity index (χ3v) is 5.45. The van der Waals surface area contributed by atoms with Gasteiger partial charge in [-0.3, -0.25) is 14.4 Å². The molecule has 0 aromatic heterocycles. The van der Waals surface area contributed by atoms with Gasteiger partial charge in [0.1, 0.15) is 11.6 Å². The molecule has 10 nitrogen and oxygen atoms in total. The molecule has 0 saturated carbocycles. The van der Waals surface area contributed by atoms with E-state index in [1.165, 1.54) is 25.5 Å². The molecule has 0 bridgehead atoms. The van der Waals surface area contributed by atoms with E-state index in [0.29, 0.717) is 34.9 Å². The van der Waals surface area contributed by atoms with Crippen LogP contribution in [0.15, 0.2) is 65.8 Å². The van der Waals surface area contributed by atoms with Gasteiger partial charge < -0.3 is 24.8 Å². The van der Waals surface area contributed by atoms with Gasteiger partial charge in [0, 0.05) is 12.2 Å². The monoisotopic (exact) mass is 556 g/mol. The number of hydrogen-bond donors (Lipinski definition) is 3. The van der Waals surface area contributed by atoms with E-state index < -0.39 is 23.5 Å². The Hall–Kier alpha value is -4.64. The molecule has 3 amide bonds. The number of carbonyl (C=O) groups is 3. The number of amides is 3. The standard InChI is InChI=1S/C27H26ClFN4O6/c1-37-23-9-6-17(13-24(23)38-2)10-11-30-26(35)27(36)33-31-15-18-4-3-5-20(12-18)39-16-25(34)32-19-7-8-22(29)21(28)14-19/h3-9,12-15H,10-11,16H2,1-2H3,(H,30,35)(H,32,34)(H,33,36)/b31-15-. The summed E-state index contributed by atoms with van der Waals surface area (Å²) in [6, 6.07) is 15.8. The van der Waals surface area contributed by atoms with Crippen LogP contribution in [-0.2, 0) is 20.8 Å². The van der Waals surface area contributed by atoms with Crippen molar-refractivity contribution in [3.05, 3.63) is 82.6 Å². The third kappa shape index (κ3) is 9.00. The fourth-order valence-corrected chi connectivity index (χ4v) is 3.44. The van der Waals surface area contributed by atoms with Gasteiger partial charge in [-0.25, -0.2) is 9.82 Å². The van der Waals surface area contributed by atoms with E-state index in [1.807, 2.05) is 6.07 Å². The molecular weight excluding hydrogens is 531 g/mol. The first-order valence-corrected chi connectivity index (χ1v) is 12.0. The number of hydrogen-bond acceptors (Lipinski definition) is 7. The quantitative estimate of drug-likeness (QED) is 0.189. The van der Waals surface area contributed by atoms with E-state index >= 15 is 0 Å². The van der Waals surface area contributed by atoms with Gasteiger partial charge in [0.15, 0.2) is 18.1 Å². The summed E-state index contributed by atoms with van der Waals surface area (Å²) in [5, 5.41) is 8.75. The number of benzene rings is 3. The van der Waals surface area contributed by atoms with E-state index in [1.54, 1.807) is 43.5 Å². The molecular formula is C27H26ClFN4O6. The summed E-state index contributed by atoms with van der Waals surface area (Å²) in [5.74, 6) is -1.29. The van der Waals surface area contributed by atoms with Gasteiger partial charge in [0.25, 0.3) is 5.91 Å². The van der Waals surface area contributed by atoms with Crippen LogP contribution in [0.1, 0.15) is 11.1 Å². The second-order valence-corrected chi connectivity index (χ2v) is 8.34. The van der Waals surface area contributed by atoms with Crippen LogP contribution >= 0.6 is 11.6 Å². The Bertz CT molecular complexity index is 1370. The molecule has 0 aliphatic rings. The number of anilines is 1. The Morgan fingerprint density at radius 1 is 0.974 bits per heavy atom. The van der Waals surface area contributed by atoms with E-state index in [9.17, 15) is 18.8 Å². The molecule has 39 heavy (non-hydrogen) atoms. The van der Waals surface area contributed by atoms with Crippen molar-refractivity contribution in [2.45, 2.75) is 6.42 Å². The highest BCUT2D eigenvalue weighted by molar-refractivity contribution is 6.35. The molecule has 0 spiro atoms. The number of hydrazone groups is 1. The van der Waals surface area contributed by atoms with Crippen LogP contribution in [0.2, 0.25) is 5.02 Å². The van der Waals surface area contributed by atoms with Gasteiger partial charge in [-0.05, 0) is 60.0 Å². The van der Waals surface area contributed by atoms with E-state index in [4.69, 9.17) is 25.8 Å². The Balaban J connectivity index is 1.42. The first kappa shape index (κ1) is 28.9. The predicted molar refractivity (Wildman–Crippen MR) is 144 cm³/mol. The number of rotatable bonds is 11. The number of ether oxygens (including phenoxy) is 3. The lowest BCUT2D eigenvalue weighted by molar-refractivity contribution is -0.139. The minimum atomic E-state index is -0.927. The van der Waals surface area contributed by atoms with Crippen molar-refractivity contribution in [3.8, 4) is 17.2 Å². The zero-order valence-corrected chi connectivity index (χ0v) is 21.9. The molecule has 0 unspecified atom stereocenters. The Morgan fingerprint density at radius 2 is 1.77 bits per heavy atom. The van der Waals surface area contributed by atoms with Crippen molar-refractivity contribution in [1.82, 2.24) is 10.7 Å². The Labute approximate surface area is 229 Å². The minimum absolute atomic E-state index is 0.111. The van der Waals surface area contributed by atoms with Crippen LogP contribution < -0.4 is 30.3 Å². The zero-order chi connectivity index (χ0) is 28.2. The van der Waals surface area contributed by atoms with Crippen molar-refractivity contribution in [2.75, 3.05) is 32.7 Å². The molecule has 0 saturated heterocycles. The predicted octanol–water partition coefficient (Wildman–Crippen LogP) is 3.32. The number of methoxy groups -OCH3 is 2. The molecule has 0 aliphatic heterocycles. The average Bonchev–Trinajstić information content (AvgIpc) is 2.94. The van der Waals surface area contributed by atoms with Crippen molar-refractivity contribution < 1.29 is 33.0 Å². The van der Waals surface area contributed by atoms with Crippen LogP contribution in [-0.4, -0.2) is 51.3 Å². The molecule has 204 valence electrons. The van der Waals surface area contributed by atoms with Gasteiger partial charge in [-0.15, -0.1) is 0 Å². The Kier molecular flexibility index (Phi) is 10.6. The highest BCUT2D eigenvalue weighted by atomic mass is 35.5. The normalized spacial score (nSPS) is 10.6. The summed E-state index contributed by atoms with van der Waals surface area (Å²) in [6.45, 7) is -0.0809. The lowest BCUT2D eigenvalue weighted by atomic mass is 10.1. The summed E-state index contributed by atoms with van der Waals surface area (Å²) >= 11 is 5.70. The first-order chi connectivity index (χ1) is 18.8. The highest BCUT2D eigenvalue weighted by Crippen LogP contribution is 2.27. The van der Waals surface area contributed by atoms with Crippen LogP contribution in [0.5, 0.6) is 17.2 Å². The maximum atomic E-state index is 13.2. The maximum Gasteiger partial charge on any atom is 0.329 e. The van der Waals surface area contributed by atoms with Gasteiger partial charge in [0.05, 0.1) is 25.5 Å². The largest absolute Gasteiger partial charge is 0.493 e. The van der Waals surface area contributed by atoms with Crippen molar-refractivity contribution in [3.63, 3.8) is 0 Å². The van der Waals surface area contributed by atoms with Gasteiger partial charge >= 0.3 is 11.8 Å². The smallest absolute Gasteiger partial charge is 0.329 e. The van der Waals surface area contributed by atoms with Gasteiger partial charge in [-0.1, -0.05) is 29.8 Å². The summed E-state index contributed by atoms with van der Waals surface area (Å²) < 4.78 is 29.1. The number of carbonyl (C=O) groups excluding carboxylic acids is 3. The summed E-state index contributed by atoms with van der Waals surface area (Å²) in [7, 11) is 3.07. The topological polar surface area (TPSA) is 127 Å². The van der Waals surface area contributed by atoms with E-state index in [-0.39, 0.29) is 18.2 Å². The van der Waals surface area contributed by atoms with Crippen LogP contribution in [0.4, 0.5) is 10.1 Å². The van der Waals surface area contributed by atoms with Crippen LogP contribution in [0, 0.1) is 5.82 Å². The molecule has 0 atom stereocenters. The van der Waals surface area contributed by atoms with E-state index in [0.717, 1.165) is 11.6 Å². The van der Waals surface area contributed by atoms with E-state index in [2.05, 4.69) is 21.2 Å². The maximum absolute atomic E-state index is 13.2. The molecule has 0 heterocycles. The SMILES string of the molecule is COc1ccc(CCNC(=O)C(=O)N/N=C\c2cccc(OCC(=O)Nc3ccc(F)c(Cl)c3)c2)cc1OC. The second-order valence-electron chi connectivity index (χ2n) is 7.93.